The fourth-order valence-electron chi connectivity index (χ4n) is 4.25. The number of fused-ring (bicyclic) bond motifs is 1. The maximum atomic E-state index is 15.2. The Labute approximate surface area is 179 Å². The van der Waals surface area contributed by atoms with Gasteiger partial charge in [0.25, 0.3) is 0 Å². The van der Waals surface area contributed by atoms with Crippen LogP contribution in [0.15, 0.2) is 12.3 Å². The third-order valence-corrected chi connectivity index (χ3v) is 5.82. The van der Waals surface area contributed by atoms with Crippen LogP contribution in [-0.2, 0) is 6.54 Å². The van der Waals surface area contributed by atoms with E-state index in [1.807, 2.05) is 0 Å². The van der Waals surface area contributed by atoms with Crippen LogP contribution in [-0.4, -0.2) is 43.3 Å². The van der Waals surface area contributed by atoms with Gasteiger partial charge >= 0.3 is 6.03 Å². The van der Waals surface area contributed by atoms with Crippen molar-refractivity contribution in [2.75, 3.05) is 36.4 Å². The summed E-state index contributed by atoms with van der Waals surface area (Å²) in [6.45, 7) is -0.0778. The molecule has 2 aliphatic rings. The maximum Gasteiger partial charge on any atom is 0.330 e. The fourth-order valence-corrected chi connectivity index (χ4v) is 4.25. The van der Waals surface area contributed by atoms with Crippen LogP contribution in [0, 0.1) is 11.6 Å². The number of nitrogens with one attached hydrogen (secondary N) is 1. The van der Waals surface area contributed by atoms with E-state index < -0.39 is 23.4 Å². The van der Waals surface area contributed by atoms with E-state index in [0.717, 1.165) is 43.1 Å². The van der Waals surface area contributed by atoms with Crippen molar-refractivity contribution in [3.8, 4) is 11.5 Å². The summed E-state index contributed by atoms with van der Waals surface area (Å²) >= 11 is 0. The Morgan fingerprint density at radius 3 is 2.32 bits per heavy atom. The van der Waals surface area contributed by atoms with Crippen molar-refractivity contribution < 1.29 is 23.0 Å². The highest BCUT2D eigenvalue weighted by molar-refractivity contribution is 6.06. The molecular formula is C21H25F2N5O3. The summed E-state index contributed by atoms with van der Waals surface area (Å²) in [5.41, 5.74) is 0.0927. The van der Waals surface area contributed by atoms with Crippen LogP contribution in [0.3, 0.4) is 0 Å². The Kier molecular flexibility index (Phi) is 5.79. The molecule has 4 rings (SSSR count). The third-order valence-electron chi connectivity index (χ3n) is 5.82. The van der Waals surface area contributed by atoms with Crippen LogP contribution in [0.4, 0.5) is 31.0 Å². The van der Waals surface area contributed by atoms with Crippen molar-refractivity contribution in [3.63, 3.8) is 0 Å². The van der Waals surface area contributed by atoms with Crippen LogP contribution in [0.5, 0.6) is 11.5 Å². The quantitative estimate of drug-likeness (QED) is 0.765. The minimum atomic E-state index is -0.964. The molecule has 0 spiro atoms. The van der Waals surface area contributed by atoms with E-state index in [1.165, 1.54) is 14.2 Å². The van der Waals surface area contributed by atoms with E-state index in [4.69, 9.17) is 9.47 Å². The molecule has 2 heterocycles. The summed E-state index contributed by atoms with van der Waals surface area (Å²) in [5.74, 6) is -1.50. The summed E-state index contributed by atoms with van der Waals surface area (Å²) < 4.78 is 40.5. The normalized spacial score (nSPS) is 16.9. The van der Waals surface area contributed by atoms with E-state index in [9.17, 15) is 4.79 Å². The highest BCUT2D eigenvalue weighted by Crippen LogP contribution is 2.41. The second-order valence-electron chi connectivity index (χ2n) is 7.58. The van der Waals surface area contributed by atoms with Gasteiger partial charge < -0.3 is 14.8 Å². The van der Waals surface area contributed by atoms with Crippen LogP contribution in [0.2, 0.25) is 0 Å². The number of hydrogen-bond donors (Lipinski definition) is 1. The molecule has 0 saturated heterocycles. The predicted molar refractivity (Wildman–Crippen MR) is 112 cm³/mol. The van der Waals surface area contributed by atoms with Gasteiger partial charge in [0.1, 0.15) is 11.5 Å². The topological polar surface area (TPSA) is 79.8 Å². The van der Waals surface area contributed by atoms with Gasteiger partial charge in [-0.3, -0.25) is 9.80 Å². The van der Waals surface area contributed by atoms with E-state index in [1.54, 1.807) is 18.1 Å². The maximum absolute atomic E-state index is 15.2. The van der Waals surface area contributed by atoms with Crippen LogP contribution >= 0.6 is 0 Å². The minimum absolute atomic E-state index is 0.0778. The van der Waals surface area contributed by atoms with Gasteiger partial charge in [0, 0.05) is 30.9 Å². The number of rotatable bonds is 5. The lowest BCUT2D eigenvalue weighted by Crippen LogP contribution is -2.53. The van der Waals surface area contributed by atoms with E-state index in [2.05, 4.69) is 15.3 Å². The number of carbonyl (C=O) groups is 1. The molecule has 1 fully saturated rings. The second kappa shape index (κ2) is 8.52. The predicted octanol–water partition coefficient (Wildman–Crippen LogP) is 4.09. The van der Waals surface area contributed by atoms with Crippen molar-refractivity contribution in [1.82, 2.24) is 9.97 Å². The number of anilines is 3. The highest BCUT2D eigenvalue weighted by Gasteiger charge is 2.40. The van der Waals surface area contributed by atoms with Crippen molar-refractivity contribution in [2.45, 2.75) is 44.7 Å². The molecule has 1 aliphatic carbocycles. The standard InChI is InChI=1S/C21H25F2N5O3/c1-24-20-25-10-12-11-27(18-16(22)14(30-2)9-15(31-3)17(18)23)21(29)28(19(12)26-20)13-7-5-4-6-8-13/h9-10,13H,4-8,11H2,1-3H3,(H,24,25,26). The number of aromatic nitrogens is 2. The van der Waals surface area contributed by atoms with Crippen LogP contribution in [0.1, 0.15) is 37.7 Å². The van der Waals surface area contributed by atoms with Gasteiger partial charge in [-0.1, -0.05) is 19.3 Å². The molecule has 1 N–H and O–H groups in total. The number of benzene rings is 1. The first-order valence-electron chi connectivity index (χ1n) is 10.2. The van der Waals surface area contributed by atoms with Gasteiger partial charge in [0.2, 0.25) is 5.95 Å². The summed E-state index contributed by atoms with van der Waals surface area (Å²) in [6, 6.07) is 0.479. The highest BCUT2D eigenvalue weighted by atomic mass is 19.1. The first-order valence-corrected chi connectivity index (χ1v) is 10.2. The summed E-state index contributed by atoms with van der Waals surface area (Å²) in [5, 5.41) is 2.88. The van der Waals surface area contributed by atoms with Crippen LogP contribution in [0.25, 0.3) is 0 Å². The minimum Gasteiger partial charge on any atom is -0.493 e. The molecule has 2 amide bonds. The molecule has 1 aromatic heterocycles. The molecule has 166 valence electrons. The number of ether oxygens (including phenoxy) is 2. The number of carbonyl (C=O) groups excluding carboxylic acids is 1. The van der Waals surface area contributed by atoms with E-state index in [0.29, 0.717) is 17.3 Å². The zero-order valence-corrected chi connectivity index (χ0v) is 17.7. The third kappa shape index (κ3) is 3.60. The second-order valence-corrected chi connectivity index (χ2v) is 7.58. The zero-order chi connectivity index (χ0) is 22.1. The molecule has 2 aromatic rings. The molecule has 1 aromatic carbocycles. The summed E-state index contributed by atoms with van der Waals surface area (Å²) in [6.07, 6.45) is 6.22. The molecule has 0 atom stereocenters. The Balaban J connectivity index is 1.86. The number of methoxy groups -OCH3 is 2. The SMILES string of the molecule is CNc1ncc2c(n1)N(C1CCCCC1)C(=O)N(c1c(F)c(OC)cc(OC)c1F)C2. The van der Waals surface area contributed by atoms with Gasteiger partial charge in [0.15, 0.2) is 23.1 Å². The molecule has 1 saturated carbocycles. The smallest absolute Gasteiger partial charge is 0.330 e. The number of amides is 2. The first-order chi connectivity index (χ1) is 15.0. The van der Waals surface area contributed by atoms with Crippen molar-refractivity contribution >= 4 is 23.5 Å². The fraction of sp³-hybridized carbons (Fsp3) is 0.476. The Morgan fingerprint density at radius 2 is 1.74 bits per heavy atom. The molecule has 0 unspecified atom stereocenters. The number of nitrogens with zero attached hydrogens (tertiary/aromatic N) is 4. The lowest BCUT2D eigenvalue weighted by Gasteiger charge is -2.41. The Hall–Kier alpha value is -3.17. The molecule has 1 aliphatic heterocycles. The summed E-state index contributed by atoms with van der Waals surface area (Å²) in [7, 11) is 4.24. The zero-order valence-electron chi connectivity index (χ0n) is 17.7. The van der Waals surface area contributed by atoms with E-state index in [-0.39, 0.29) is 24.1 Å². The van der Waals surface area contributed by atoms with Crippen molar-refractivity contribution in [1.29, 1.82) is 0 Å². The van der Waals surface area contributed by atoms with Crippen molar-refractivity contribution in [3.05, 3.63) is 29.5 Å². The molecular weight excluding hydrogens is 408 g/mol. The average molecular weight is 433 g/mol. The van der Waals surface area contributed by atoms with Gasteiger partial charge in [-0.2, -0.15) is 4.98 Å². The molecule has 10 heteroatoms. The number of urea groups is 1. The molecule has 0 bridgehead atoms. The summed E-state index contributed by atoms with van der Waals surface area (Å²) in [4.78, 5) is 25.0. The number of hydrogen-bond acceptors (Lipinski definition) is 6. The lowest BCUT2D eigenvalue weighted by atomic mass is 9.93. The van der Waals surface area contributed by atoms with Gasteiger partial charge in [0.05, 0.1) is 20.8 Å². The van der Waals surface area contributed by atoms with Gasteiger partial charge in [-0.05, 0) is 12.8 Å². The molecule has 8 nitrogen and oxygen atoms in total. The lowest BCUT2D eigenvalue weighted by molar-refractivity contribution is 0.244. The first kappa shape index (κ1) is 21.1. The van der Waals surface area contributed by atoms with Gasteiger partial charge in [-0.25, -0.2) is 18.6 Å². The Morgan fingerprint density at radius 1 is 1.10 bits per heavy atom. The largest absolute Gasteiger partial charge is 0.493 e. The Bertz CT molecular complexity index is 969. The average Bonchev–Trinajstić information content (AvgIpc) is 2.80. The molecule has 31 heavy (non-hydrogen) atoms. The van der Waals surface area contributed by atoms with Crippen molar-refractivity contribution in [2.24, 2.45) is 0 Å². The molecule has 0 radical (unpaired) electrons. The van der Waals surface area contributed by atoms with Crippen LogP contribution < -0.4 is 24.6 Å². The number of halogens is 2. The monoisotopic (exact) mass is 433 g/mol. The van der Waals surface area contributed by atoms with Gasteiger partial charge in [-0.15, -0.1) is 0 Å². The van der Waals surface area contributed by atoms with E-state index >= 15 is 8.78 Å².